The molecular weight excluding hydrogens is 216 g/mol. The molecule has 1 saturated heterocycles. The monoisotopic (exact) mass is 242 g/mol. The third-order valence-electron chi connectivity index (χ3n) is 3.61. The predicted octanol–water partition coefficient (Wildman–Crippen LogP) is 1.31. The molecule has 0 aliphatic carbocycles. The van der Waals surface area contributed by atoms with Crippen molar-refractivity contribution in [1.29, 1.82) is 0 Å². The van der Waals surface area contributed by atoms with Gasteiger partial charge >= 0.3 is 0 Å². The molecular formula is C13H26N2O2. The highest BCUT2D eigenvalue weighted by molar-refractivity contribution is 5.83. The zero-order valence-corrected chi connectivity index (χ0v) is 11.6. The fraction of sp³-hybridized carbons (Fsp3) is 0.923. The molecule has 0 aromatic carbocycles. The second-order valence-electron chi connectivity index (χ2n) is 5.44. The predicted molar refractivity (Wildman–Crippen MR) is 68.9 cm³/mol. The van der Waals surface area contributed by atoms with Crippen LogP contribution in [0.5, 0.6) is 0 Å². The highest BCUT2D eigenvalue weighted by Gasteiger charge is 2.39. The first-order chi connectivity index (χ1) is 7.96. The molecule has 4 nitrogen and oxygen atoms in total. The molecule has 1 aliphatic rings. The van der Waals surface area contributed by atoms with Gasteiger partial charge in [-0.25, -0.2) is 0 Å². The fourth-order valence-electron chi connectivity index (χ4n) is 2.32. The van der Waals surface area contributed by atoms with Gasteiger partial charge in [0.1, 0.15) is 0 Å². The third-order valence-corrected chi connectivity index (χ3v) is 3.61. The minimum Gasteiger partial charge on any atom is -0.374 e. The van der Waals surface area contributed by atoms with E-state index in [2.05, 4.69) is 17.6 Å². The first kappa shape index (κ1) is 14.5. The van der Waals surface area contributed by atoms with E-state index in [1.807, 2.05) is 20.8 Å². The molecule has 0 aromatic rings. The Balaban J connectivity index is 2.48. The van der Waals surface area contributed by atoms with Crippen molar-refractivity contribution in [3.63, 3.8) is 0 Å². The van der Waals surface area contributed by atoms with Gasteiger partial charge in [-0.05, 0) is 40.2 Å². The molecule has 0 spiro atoms. The molecule has 100 valence electrons. The van der Waals surface area contributed by atoms with Crippen LogP contribution in [0.4, 0.5) is 0 Å². The molecule has 0 bridgehead atoms. The van der Waals surface area contributed by atoms with E-state index in [-0.39, 0.29) is 16.9 Å². The maximum atomic E-state index is 12.2. The van der Waals surface area contributed by atoms with Gasteiger partial charge in [0.05, 0.1) is 11.0 Å². The van der Waals surface area contributed by atoms with E-state index >= 15 is 0 Å². The van der Waals surface area contributed by atoms with E-state index in [4.69, 9.17) is 4.74 Å². The maximum Gasteiger partial charge on any atom is 0.227 e. The summed E-state index contributed by atoms with van der Waals surface area (Å²) in [6.07, 6.45) is 1.82. The van der Waals surface area contributed by atoms with Gasteiger partial charge in [0.15, 0.2) is 0 Å². The molecule has 1 aliphatic heterocycles. The van der Waals surface area contributed by atoms with Crippen LogP contribution in [0.1, 0.15) is 40.5 Å². The van der Waals surface area contributed by atoms with Crippen LogP contribution in [-0.2, 0) is 9.53 Å². The second kappa shape index (κ2) is 5.83. The second-order valence-corrected chi connectivity index (χ2v) is 5.44. The molecule has 0 radical (unpaired) electrons. The Morgan fingerprint density at radius 2 is 2.18 bits per heavy atom. The molecule has 1 unspecified atom stereocenters. The lowest BCUT2D eigenvalue weighted by atomic mass is 9.83. The van der Waals surface area contributed by atoms with Crippen LogP contribution in [0.2, 0.25) is 0 Å². The lowest BCUT2D eigenvalue weighted by molar-refractivity contribution is -0.131. The largest absolute Gasteiger partial charge is 0.374 e. The average molecular weight is 242 g/mol. The van der Waals surface area contributed by atoms with Gasteiger partial charge in [-0.3, -0.25) is 4.79 Å². The molecule has 1 amide bonds. The first-order valence-corrected chi connectivity index (χ1v) is 6.59. The van der Waals surface area contributed by atoms with E-state index in [0.29, 0.717) is 13.2 Å². The summed E-state index contributed by atoms with van der Waals surface area (Å²) in [5.41, 5.74) is -0.492. The molecule has 1 atom stereocenters. The van der Waals surface area contributed by atoms with E-state index in [1.165, 1.54) is 0 Å². The quantitative estimate of drug-likeness (QED) is 0.738. The highest BCUT2D eigenvalue weighted by Crippen LogP contribution is 2.29. The SMILES string of the molecule is CCOC(C)(C)CNC(=O)C1(CC)CCNC1. The summed E-state index contributed by atoms with van der Waals surface area (Å²) in [6.45, 7) is 11.0. The molecule has 4 heteroatoms. The molecule has 1 fully saturated rings. The first-order valence-electron chi connectivity index (χ1n) is 6.59. The van der Waals surface area contributed by atoms with E-state index < -0.39 is 0 Å². The minimum absolute atomic E-state index is 0.165. The van der Waals surface area contributed by atoms with Crippen LogP contribution in [-0.4, -0.2) is 37.7 Å². The Morgan fingerprint density at radius 1 is 1.47 bits per heavy atom. The number of carbonyl (C=O) groups excluding carboxylic acids is 1. The van der Waals surface area contributed by atoms with Crippen molar-refractivity contribution in [2.45, 2.75) is 46.1 Å². The van der Waals surface area contributed by atoms with Crippen LogP contribution in [0.25, 0.3) is 0 Å². The van der Waals surface area contributed by atoms with Crippen LogP contribution >= 0.6 is 0 Å². The van der Waals surface area contributed by atoms with Gasteiger partial charge < -0.3 is 15.4 Å². The van der Waals surface area contributed by atoms with Crippen LogP contribution in [0.15, 0.2) is 0 Å². The summed E-state index contributed by atoms with van der Waals surface area (Å²) < 4.78 is 5.58. The molecule has 2 N–H and O–H groups in total. The van der Waals surface area contributed by atoms with Crippen molar-refractivity contribution < 1.29 is 9.53 Å². The summed E-state index contributed by atoms with van der Waals surface area (Å²) in [6, 6.07) is 0. The average Bonchev–Trinajstić information content (AvgIpc) is 2.75. The van der Waals surface area contributed by atoms with Crippen LogP contribution in [0, 0.1) is 5.41 Å². The Labute approximate surface area is 104 Å². The van der Waals surface area contributed by atoms with Crippen molar-refractivity contribution in [2.24, 2.45) is 5.41 Å². The lowest BCUT2D eigenvalue weighted by Gasteiger charge is -2.29. The lowest BCUT2D eigenvalue weighted by Crippen LogP contribution is -2.47. The molecule has 1 rings (SSSR count). The van der Waals surface area contributed by atoms with Crippen molar-refractivity contribution in [2.75, 3.05) is 26.2 Å². The number of amides is 1. The Morgan fingerprint density at radius 3 is 2.65 bits per heavy atom. The van der Waals surface area contributed by atoms with E-state index in [0.717, 1.165) is 25.9 Å². The number of ether oxygens (including phenoxy) is 1. The van der Waals surface area contributed by atoms with Gasteiger partial charge in [-0.15, -0.1) is 0 Å². The standard InChI is InChI=1S/C13H26N2O2/c1-5-13(7-8-14-10-13)11(16)15-9-12(3,4)17-6-2/h14H,5-10H2,1-4H3,(H,15,16). The van der Waals surface area contributed by atoms with Crippen molar-refractivity contribution in [3.05, 3.63) is 0 Å². The minimum atomic E-state index is -0.286. The topological polar surface area (TPSA) is 50.4 Å². The van der Waals surface area contributed by atoms with Crippen molar-refractivity contribution in [3.8, 4) is 0 Å². The van der Waals surface area contributed by atoms with Gasteiger partial charge in [-0.1, -0.05) is 6.92 Å². The fourth-order valence-corrected chi connectivity index (χ4v) is 2.32. The maximum absolute atomic E-state index is 12.2. The zero-order valence-electron chi connectivity index (χ0n) is 11.6. The molecule has 1 heterocycles. The van der Waals surface area contributed by atoms with E-state index in [9.17, 15) is 4.79 Å². The van der Waals surface area contributed by atoms with Gasteiger partial charge in [0.2, 0.25) is 5.91 Å². The Bertz CT molecular complexity index is 258. The summed E-state index contributed by atoms with van der Waals surface area (Å²) in [5.74, 6) is 0.165. The van der Waals surface area contributed by atoms with Gasteiger partial charge in [0.25, 0.3) is 0 Å². The zero-order chi connectivity index (χ0) is 12.9. The molecule has 0 aromatic heterocycles. The number of carbonyl (C=O) groups is 1. The molecule has 17 heavy (non-hydrogen) atoms. The summed E-state index contributed by atoms with van der Waals surface area (Å²) in [7, 11) is 0. The smallest absolute Gasteiger partial charge is 0.227 e. The Hall–Kier alpha value is -0.610. The summed E-state index contributed by atoms with van der Waals surface area (Å²) >= 11 is 0. The van der Waals surface area contributed by atoms with Gasteiger partial charge in [0, 0.05) is 19.7 Å². The van der Waals surface area contributed by atoms with Crippen molar-refractivity contribution >= 4 is 5.91 Å². The number of nitrogens with one attached hydrogen (secondary N) is 2. The summed E-state index contributed by atoms with van der Waals surface area (Å²) in [5, 5.41) is 6.31. The van der Waals surface area contributed by atoms with Gasteiger partial charge in [-0.2, -0.15) is 0 Å². The number of hydrogen-bond acceptors (Lipinski definition) is 3. The summed E-state index contributed by atoms with van der Waals surface area (Å²) in [4.78, 5) is 12.2. The van der Waals surface area contributed by atoms with Crippen LogP contribution < -0.4 is 10.6 Å². The number of hydrogen-bond donors (Lipinski definition) is 2. The normalized spacial score (nSPS) is 24.9. The van der Waals surface area contributed by atoms with Crippen molar-refractivity contribution in [1.82, 2.24) is 10.6 Å². The Kier molecular flexibility index (Phi) is 4.95. The highest BCUT2D eigenvalue weighted by atomic mass is 16.5. The van der Waals surface area contributed by atoms with E-state index in [1.54, 1.807) is 0 Å². The molecule has 0 saturated carbocycles. The number of rotatable bonds is 6. The van der Waals surface area contributed by atoms with Crippen LogP contribution in [0.3, 0.4) is 0 Å². The third kappa shape index (κ3) is 3.68.